The number of aryl methyl sites for hydroxylation is 1. The predicted octanol–water partition coefficient (Wildman–Crippen LogP) is 3.85. The van der Waals surface area contributed by atoms with Crippen molar-refractivity contribution in [2.75, 3.05) is 32.8 Å². The molecule has 0 amide bonds. The Morgan fingerprint density at radius 3 is 2.31 bits per heavy atom. The summed E-state index contributed by atoms with van der Waals surface area (Å²) in [5, 5.41) is 11.2. The van der Waals surface area contributed by atoms with Gasteiger partial charge < -0.3 is 14.4 Å². The van der Waals surface area contributed by atoms with E-state index in [-0.39, 0.29) is 0 Å². The molecule has 1 fully saturated rings. The van der Waals surface area contributed by atoms with Crippen molar-refractivity contribution in [3.8, 4) is 0 Å². The normalized spacial score (nSPS) is 15.0. The minimum atomic E-state index is -0.884. The van der Waals surface area contributed by atoms with E-state index >= 15 is 0 Å². The summed E-state index contributed by atoms with van der Waals surface area (Å²) in [5.41, 5.74) is 2.57. The molecule has 0 saturated carbocycles. The lowest BCUT2D eigenvalue weighted by molar-refractivity contribution is 0.0405. The molecular weight excluding hydrogens is 328 g/mol. The van der Waals surface area contributed by atoms with Crippen LogP contribution in [0.4, 0.5) is 0 Å². The highest BCUT2D eigenvalue weighted by molar-refractivity contribution is 6.10. The van der Waals surface area contributed by atoms with E-state index in [1.807, 2.05) is 24.3 Å². The van der Waals surface area contributed by atoms with Gasteiger partial charge in [-0.1, -0.05) is 25.1 Å². The van der Waals surface area contributed by atoms with E-state index in [1.54, 1.807) is 12.1 Å². The summed E-state index contributed by atoms with van der Waals surface area (Å²) in [7, 11) is 0. The molecule has 1 aromatic heterocycles. The number of likely N-dealkylation sites (N-methyl/N-ethyl adjacent to an activating group) is 1. The zero-order valence-corrected chi connectivity index (χ0v) is 15.4. The van der Waals surface area contributed by atoms with Gasteiger partial charge in [0.05, 0.1) is 18.8 Å². The number of nitrogens with zero attached hydrogens (tertiary/aromatic N) is 2. The summed E-state index contributed by atoms with van der Waals surface area (Å²) in [6, 6.07) is 13.4. The van der Waals surface area contributed by atoms with Crippen molar-refractivity contribution in [3.63, 3.8) is 0 Å². The number of morpholine rings is 1. The van der Waals surface area contributed by atoms with E-state index in [0.29, 0.717) is 5.56 Å². The Morgan fingerprint density at radius 1 is 1.00 bits per heavy atom. The fourth-order valence-electron chi connectivity index (χ4n) is 3.44. The Kier molecular flexibility index (Phi) is 5.91. The van der Waals surface area contributed by atoms with Gasteiger partial charge in [0.1, 0.15) is 0 Å². The van der Waals surface area contributed by atoms with E-state index in [9.17, 15) is 4.79 Å². The predicted molar refractivity (Wildman–Crippen MR) is 105 cm³/mol. The number of aromatic nitrogens is 1. The highest BCUT2D eigenvalue weighted by atomic mass is 16.5. The summed E-state index contributed by atoms with van der Waals surface area (Å²) in [6.45, 7) is 10.4. The van der Waals surface area contributed by atoms with Crippen LogP contribution in [0.2, 0.25) is 0 Å². The van der Waals surface area contributed by atoms with Gasteiger partial charge in [-0.2, -0.15) is 0 Å². The lowest BCUT2D eigenvalue weighted by Crippen LogP contribution is -2.35. The van der Waals surface area contributed by atoms with Crippen LogP contribution in [0, 0.1) is 0 Å². The Labute approximate surface area is 153 Å². The van der Waals surface area contributed by atoms with E-state index in [2.05, 4.69) is 29.4 Å². The molecule has 0 spiro atoms. The Balaban J connectivity index is 0.000000206. The number of carboxylic acid groups (broad SMARTS) is 1. The van der Waals surface area contributed by atoms with Crippen LogP contribution in [-0.2, 0) is 11.3 Å². The summed E-state index contributed by atoms with van der Waals surface area (Å²) in [4.78, 5) is 13.4. The molecule has 1 aliphatic heterocycles. The van der Waals surface area contributed by atoms with E-state index in [1.165, 1.54) is 6.54 Å². The van der Waals surface area contributed by atoms with Crippen molar-refractivity contribution in [2.24, 2.45) is 0 Å². The highest BCUT2D eigenvalue weighted by Crippen LogP contribution is 2.29. The third kappa shape index (κ3) is 3.74. The van der Waals surface area contributed by atoms with Crippen molar-refractivity contribution in [2.45, 2.75) is 20.4 Å². The number of para-hydroxylation sites is 1. The average Bonchev–Trinajstić information content (AvgIpc) is 3.02. The van der Waals surface area contributed by atoms with Crippen LogP contribution < -0.4 is 0 Å². The molecule has 5 nitrogen and oxygen atoms in total. The first-order chi connectivity index (χ1) is 12.7. The number of hydrogen-bond donors (Lipinski definition) is 1. The van der Waals surface area contributed by atoms with Crippen molar-refractivity contribution in [1.29, 1.82) is 0 Å². The molecule has 0 atom stereocenters. The maximum atomic E-state index is 11.1. The van der Waals surface area contributed by atoms with Gasteiger partial charge in [0.15, 0.2) is 0 Å². The number of hydrogen-bond acceptors (Lipinski definition) is 3. The number of carbonyl (C=O) groups is 1. The molecule has 2 aromatic carbocycles. The van der Waals surface area contributed by atoms with Gasteiger partial charge in [0, 0.05) is 41.4 Å². The van der Waals surface area contributed by atoms with Crippen LogP contribution >= 0.6 is 0 Å². The lowest BCUT2D eigenvalue weighted by atomic mass is 10.1. The van der Waals surface area contributed by atoms with Crippen molar-refractivity contribution in [1.82, 2.24) is 9.47 Å². The van der Waals surface area contributed by atoms with Crippen LogP contribution in [-0.4, -0.2) is 53.4 Å². The van der Waals surface area contributed by atoms with Gasteiger partial charge in [-0.05, 0) is 37.7 Å². The fourth-order valence-corrected chi connectivity index (χ4v) is 3.44. The molecule has 1 aliphatic rings. The topological polar surface area (TPSA) is 54.7 Å². The van der Waals surface area contributed by atoms with E-state index in [0.717, 1.165) is 54.7 Å². The number of fused-ring (bicyclic) bond motifs is 3. The second kappa shape index (κ2) is 8.34. The molecule has 0 unspecified atom stereocenters. The number of benzene rings is 2. The summed E-state index contributed by atoms with van der Waals surface area (Å²) in [6.07, 6.45) is 0. The highest BCUT2D eigenvalue weighted by Gasteiger charge is 2.11. The van der Waals surface area contributed by atoms with Crippen molar-refractivity contribution >= 4 is 27.8 Å². The maximum Gasteiger partial charge on any atom is 0.335 e. The van der Waals surface area contributed by atoms with Gasteiger partial charge in [0.2, 0.25) is 0 Å². The largest absolute Gasteiger partial charge is 0.478 e. The first kappa shape index (κ1) is 18.4. The molecule has 2 heterocycles. The first-order valence-corrected chi connectivity index (χ1v) is 9.20. The molecule has 4 rings (SSSR count). The number of carboxylic acids is 1. The Morgan fingerprint density at radius 2 is 1.69 bits per heavy atom. The van der Waals surface area contributed by atoms with Gasteiger partial charge in [-0.3, -0.25) is 4.90 Å². The maximum absolute atomic E-state index is 11.1. The van der Waals surface area contributed by atoms with Gasteiger partial charge in [-0.25, -0.2) is 4.79 Å². The van der Waals surface area contributed by atoms with Crippen LogP contribution in [0.1, 0.15) is 24.2 Å². The first-order valence-electron chi connectivity index (χ1n) is 9.20. The van der Waals surface area contributed by atoms with Crippen molar-refractivity contribution < 1.29 is 14.6 Å². The zero-order chi connectivity index (χ0) is 18.5. The molecule has 26 heavy (non-hydrogen) atoms. The molecule has 138 valence electrons. The molecule has 3 aromatic rings. The average molecular weight is 354 g/mol. The smallest absolute Gasteiger partial charge is 0.335 e. The van der Waals surface area contributed by atoms with E-state index in [4.69, 9.17) is 9.84 Å². The van der Waals surface area contributed by atoms with Crippen molar-refractivity contribution in [3.05, 3.63) is 48.0 Å². The van der Waals surface area contributed by atoms with Gasteiger partial charge in [-0.15, -0.1) is 0 Å². The SMILES string of the molecule is CCN1CCOCC1.CCn1c2ccccc2c2cc(C(=O)O)ccc21. The number of ether oxygens (including phenoxy) is 1. The molecular formula is C21H26N2O3. The molecule has 0 radical (unpaired) electrons. The third-order valence-electron chi connectivity index (χ3n) is 4.89. The second-order valence-corrected chi connectivity index (χ2v) is 6.35. The molecule has 1 saturated heterocycles. The minimum Gasteiger partial charge on any atom is -0.478 e. The summed E-state index contributed by atoms with van der Waals surface area (Å²) >= 11 is 0. The molecule has 0 aliphatic carbocycles. The minimum absolute atomic E-state index is 0.335. The van der Waals surface area contributed by atoms with Crippen LogP contribution in [0.15, 0.2) is 42.5 Å². The monoisotopic (exact) mass is 354 g/mol. The van der Waals surface area contributed by atoms with Gasteiger partial charge in [0.25, 0.3) is 0 Å². The molecule has 1 N–H and O–H groups in total. The summed E-state index contributed by atoms with van der Waals surface area (Å²) < 4.78 is 7.36. The Bertz CT molecular complexity index is 895. The molecule has 0 bridgehead atoms. The number of rotatable bonds is 3. The standard InChI is InChI=1S/C15H13NO2.C6H13NO/c1-2-16-13-6-4-3-5-11(13)12-9-10(15(17)18)7-8-14(12)16;1-2-7-3-5-8-6-4-7/h3-9H,2H2,1H3,(H,17,18);2-6H2,1H3. The third-order valence-corrected chi connectivity index (χ3v) is 4.89. The Hall–Kier alpha value is -2.37. The summed E-state index contributed by atoms with van der Waals surface area (Å²) in [5.74, 6) is -0.884. The van der Waals surface area contributed by atoms with Gasteiger partial charge >= 0.3 is 5.97 Å². The van der Waals surface area contributed by atoms with Crippen LogP contribution in [0.25, 0.3) is 21.8 Å². The van der Waals surface area contributed by atoms with Crippen LogP contribution in [0.5, 0.6) is 0 Å². The fraction of sp³-hybridized carbons (Fsp3) is 0.381. The van der Waals surface area contributed by atoms with Crippen LogP contribution in [0.3, 0.4) is 0 Å². The second-order valence-electron chi connectivity index (χ2n) is 6.35. The quantitative estimate of drug-likeness (QED) is 0.776. The zero-order valence-electron chi connectivity index (χ0n) is 15.4. The number of aromatic carboxylic acids is 1. The molecule has 5 heteroatoms. The lowest BCUT2D eigenvalue weighted by Gasteiger charge is -2.24. The van der Waals surface area contributed by atoms with E-state index < -0.39 is 5.97 Å².